The van der Waals surface area contributed by atoms with Crippen LogP contribution in [-0.2, 0) is 11.2 Å². The van der Waals surface area contributed by atoms with E-state index in [0.717, 1.165) is 24.9 Å². The molecule has 27 heavy (non-hydrogen) atoms. The molecule has 1 aromatic carbocycles. The van der Waals surface area contributed by atoms with E-state index in [1.807, 2.05) is 35.2 Å². The molecule has 6 nitrogen and oxygen atoms in total. The first-order chi connectivity index (χ1) is 13.1. The van der Waals surface area contributed by atoms with Gasteiger partial charge in [-0.05, 0) is 49.1 Å². The van der Waals surface area contributed by atoms with Gasteiger partial charge in [0, 0.05) is 36.3 Å². The van der Waals surface area contributed by atoms with Crippen LogP contribution in [0.25, 0.3) is 0 Å². The average Bonchev–Trinajstić information content (AvgIpc) is 3.23. The molecule has 2 atom stereocenters. The first kappa shape index (κ1) is 17.5. The standard InChI is InChI=1S/C21H24N4O2/c1-2-15-5-7-16(8-6-15)24-20(27)25-11-9-21(14-25)12-18(21)19(26)23-17-4-3-10-22-13-17/h3-8,10,13,18H,2,9,11-12,14H2,1H3,(H,23,26)(H,24,27)/t18-,21+/m1/s1. The second-order valence-electron chi connectivity index (χ2n) is 7.50. The van der Waals surface area contributed by atoms with E-state index < -0.39 is 0 Å². The number of carbonyl (C=O) groups excluding carboxylic acids is 2. The molecule has 2 aromatic rings. The first-order valence-corrected chi connectivity index (χ1v) is 9.45. The van der Waals surface area contributed by atoms with E-state index >= 15 is 0 Å². The number of carbonyl (C=O) groups is 2. The van der Waals surface area contributed by atoms with E-state index in [9.17, 15) is 9.59 Å². The second-order valence-corrected chi connectivity index (χ2v) is 7.50. The first-order valence-electron chi connectivity index (χ1n) is 9.45. The zero-order valence-corrected chi connectivity index (χ0v) is 15.4. The van der Waals surface area contributed by atoms with Gasteiger partial charge in [-0.1, -0.05) is 19.1 Å². The summed E-state index contributed by atoms with van der Waals surface area (Å²) in [4.78, 5) is 30.9. The topological polar surface area (TPSA) is 74.3 Å². The highest BCUT2D eigenvalue weighted by Gasteiger charge is 2.61. The van der Waals surface area contributed by atoms with E-state index in [4.69, 9.17) is 0 Å². The summed E-state index contributed by atoms with van der Waals surface area (Å²) < 4.78 is 0. The van der Waals surface area contributed by atoms with E-state index in [1.54, 1.807) is 18.5 Å². The minimum absolute atomic E-state index is 0.0282. The predicted molar refractivity (Wildman–Crippen MR) is 104 cm³/mol. The van der Waals surface area contributed by atoms with E-state index in [-0.39, 0.29) is 23.3 Å². The highest BCUT2D eigenvalue weighted by Crippen LogP contribution is 2.58. The van der Waals surface area contributed by atoms with Gasteiger partial charge in [0.1, 0.15) is 0 Å². The van der Waals surface area contributed by atoms with E-state index in [0.29, 0.717) is 18.8 Å². The Morgan fingerprint density at radius 1 is 1.19 bits per heavy atom. The van der Waals surface area contributed by atoms with Crippen LogP contribution in [-0.4, -0.2) is 34.9 Å². The number of urea groups is 1. The maximum Gasteiger partial charge on any atom is 0.321 e. The van der Waals surface area contributed by atoms with Crippen LogP contribution >= 0.6 is 0 Å². The molecule has 1 aromatic heterocycles. The highest BCUT2D eigenvalue weighted by molar-refractivity contribution is 5.95. The molecule has 3 amide bonds. The molecule has 2 heterocycles. The van der Waals surface area contributed by atoms with Gasteiger partial charge in [0.15, 0.2) is 0 Å². The molecule has 1 spiro atoms. The number of benzene rings is 1. The molecule has 0 unspecified atom stereocenters. The Kier molecular flexibility index (Phi) is 4.56. The van der Waals surface area contributed by atoms with Crippen LogP contribution in [0.2, 0.25) is 0 Å². The van der Waals surface area contributed by atoms with Crippen LogP contribution < -0.4 is 10.6 Å². The second kappa shape index (κ2) is 7.02. The Bertz CT molecular complexity index is 837. The number of hydrogen-bond acceptors (Lipinski definition) is 3. The quantitative estimate of drug-likeness (QED) is 0.872. The van der Waals surface area contributed by atoms with Crippen molar-refractivity contribution in [2.45, 2.75) is 26.2 Å². The van der Waals surface area contributed by atoms with Crippen molar-refractivity contribution in [3.63, 3.8) is 0 Å². The number of nitrogens with one attached hydrogen (secondary N) is 2. The number of hydrogen-bond donors (Lipinski definition) is 2. The van der Waals surface area contributed by atoms with Gasteiger partial charge in [0.05, 0.1) is 11.9 Å². The SMILES string of the molecule is CCc1ccc(NC(=O)N2CC[C@]3(C[C@@H]3C(=O)Nc3cccnc3)C2)cc1. The zero-order valence-electron chi connectivity index (χ0n) is 15.4. The number of aromatic nitrogens is 1. The predicted octanol–water partition coefficient (Wildman–Crippen LogP) is 3.53. The summed E-state index contributed by atoms with van der Waals surface area (Å²) in [7, 11) is 0. The molecule has 1 saturated carbocycles. The third-order valence-corrected chi connectivity index (χ3v) is 5.72. The molecule has 0 bridgehead atoms. The van der Waals surface area contributed by atoms with Gasteiger partial charge in [0.25, 0.3) is 0 Å². The molecule has 1 aliphatic heterocycles. The van der Waals surface area contributed by atoms with Crippen molar-refractivity contribution < 1.29 is 9.59 Å². The number of likely N-dealkylation sites (tertiary alicyclic amines) is 1. The van der Waals surface area contributed by atoms with Crippen molar-refractivity contribution in [3.05, 3.63) is 54.4 Å². The third kappa shape index (κ3) is 3.65. The van der Waals surface area contributed by atoms with Crippen molar-refractivity contribution in [1.29, 1.82) is 0 Å². The van der Waals surface area contributed by atoms with Crippen molar-refractivity contribution in [3.8, 4) is 0 Å². The number of pyridine rings is 1. The lowest BCUT2D eigenvalue weighted by Gasteiger charge is -2.18. The summed E-state index contributed by atoms with van der Waals surface area (Å²) in [5.41, 5.74) is 2.71. The van der Waals surface area contributed by atoms with Crippen LogP contribution in [0, 0.1) is 11.3 Å². The fourth-order valence-electron chi connectivity index (χ4n) is 3.93. The lowest BCUT2D eigenvalue weighted by Crippen LogP contribution is -2.33. The minimum Gasteiger partial charge on any atom is -0.324 e. The fraction of sp³-hybridized carbons (Fsp3) is 0.381. The van der Waals surface area contributed by atoms with E-state index in [2.05, 4.69) is 22.5 Å². The smallest absolute Gasteiger partial charge is 0.321 e. The third-order valence-electron chi connectivity index (χ3n) is 5.72. The molecule has 6 heteroatoms. The van der Waals surface area contributed by atoms with Crippen LogP contribution in [0.5, 0.6) is 0 Å². The van der Waals surface area contributed by atoms with Gasteiger partial charge in [-0.3, -0.25) is 9.78 Å². The van der Waals surface area contributed by atoms with Gasteiger partial charge in [-0.15, -0.1) is 0 Å². The molecular weight excluding hydrogens is 340 g/mol. The molecule has 1 saturated heterocycles. The van der Waals surface area contributed by atoms with Crippen LogP contribution in [0.3, 0.4) is 0 Å². The molecule has 0 radical (unpaired) electrons. The highest BCUT2D eigenvalue weighted by atomic mass is 16.2. The summed E-state index contributed by atoms with van der Waals surface area (Å²) in [5.74, 6) is -0.000226. The lowest BCUT2D eigenvalue weighted by molar-refractivity contribution is -0.118. The molecule has 2 N–H and O–H groups in total. The maximum absolute atomic E-state index is 12.6. The average molecular weight is 364 g/mol. The lowest BCUT2D eigenvalue weighted by atomic mass is 10.0. The Morgan fingerprint density at radius 2 is 2.00 bits per heavy atom. The number of amides is 3. The van der Waals surface area contributed by atoms with Crippen LogP contribution in [0.4, 0.5) is 16.2 Å². The summed E-state index contributed by atoms with van der Waals surface area (Å²) in [6.07, 6.45) is 6.02. The fourth-order valence-corrected chi connectivity index (χ4v) is 3.93. The summed E-state index contributed by atoms with van der Waals surface area (Å²) in [5, 5.41) is 5.89. The normalized spacial score (nSPS) is 23.3. The maximum atomic E-state index is 12.6. The molecular formula is C21H24N4O2. The number of rotatable bonds is 4. The number of anilines is 2. The summed E-state index contributed by atoms with van der Waals surface area (Å²) in [6, 6.07) is 11.5. The number of aryl methyl sites for hydroxylation is 1. The minimum atomic E-state index is -0.0885. The summed E-state index contributed by atoms with van der Waals surface area (Å²) >= 11 is 0. The van der Waals surface area contributed by atoms with Crippen molar-refractivity contribution >= 4 is 23.3 Å². The van der Waals surface area contributed by atoms with E-state index in [1.165, 1.54) is 5.56 Å². The molecule has 2 aliphatic rings. The van der Waals surface area contributed by atoms with Gasteiger partial charge in [0.2, 0.25) is 5.91 Å². The Labute approximate surface area is 159 Å². The van der Waals surface area contributed by atoms with Gasteiger partial charge in [-0.25, -0.2) is 4.79 Å². The summed E-state index contributed by atoms with van der Waals surface area (Å²) in [6.45, 7) is 3.43. The van der Waals surface area contributed by atoms with Gasteiger partial charge < -0.3 is 15.5 Å². The Morgan fingerprint density at radius 3 is 2.70 bits per heavy atom. The molecule has 2 fully saturated rings. The van der Waals surface area contributed by atoms with Crippen LogP contribution in [0.15, 0.2) is 48.8 Å². The molecule has 4 rings (SSSR count). The van der Waals surface area contributed by atoms with Crippen molar-refractivity contribution in [2.75, 3.05) is 23.7 Å². The van der Waals surface area contributed by atoms with Crippen molar-refractivity contribution in [1.82, 2.24) is 9.88 Å². The Balaban J connectivity index is 1.32. The van der Waals surface area contributed by atoms with Gasteiger partial charge in [-0.2, -0.15) is 0 Å². The zero-order chi connectivity index (χ0) is 18.9. The van der Waals surface area contributed by atoms with Crippen molar-refractivity contribution in [2.24, 2.45) is 11.3 Å². The molecule has 140 valence electrons. The largest absolute Gasteiger partial charge is 0.324 e. The monoisotopic (exact) mass is 364 g/mol. The van der Waals surface area contributed by atoms with Crippen LogP contribution in [0.1, 0.15) is 25.3 Å². The molecule has 1 aliphatic carbocycles. The Hall–Kier alpha value is -2.89. The number of nitrogens with zero attached hydrogens (tertiary/aromatic N) is 2. The van der Waals surface area contributed by atoms with Gasteiger partial charge >= 0.3 is 6.03 Å².